The Morgan fingerprint density at radius 1 is 1.28 bits per heavy atom. The van der Waals surface area contributed by atoms with Gasteiger partial charge in [-0.25, -0.2) is 0 Å². The third-order valence-corrected chi connectivity index (χ3v) is 4.42. The smallest absolute Gasteiger partial charge is 0.0294 e. The Balaban J connectivity index is 1.95. The Bertz CT molecular complexity index is 404. The summed E-state index contributed by atoms with van der Waals surface area (Å²) in [7, 11) is 0. The Labute approximate surface area is 112 Å². The molecule has 1 aliphatic rings. The third kappa shape index (κ3) is 3.14. The van der Waals surface area contributed by atoms with Gasteiger partial charge < -0.3 is 5.32 Å². The number of benzene rings is 1. The van der Waals surface area contributed by atoms with Crippen molar-refractivity contribution in [2.75, 3.05) is 6.54 Å². The van der Waals surface area contributed by atoms with Gasteiger partial charge in [0.2, 0.25) is 0 Å². The molecule has 1 atom stereocenters. The van der Waals surface area contributed by atoms with Gasteiger partial charge in [0, 0.05) is 12.6 Å². The van der Waals surface area contributed by atoms with Crippen LogP contribution in [0.1, 0.15) is 62.3 Å². The molecule has 0 heterocycles. The van der Waals surface area contributed by atoms with Crippen LogP contribution in [0.5, 0.6) is 0 Å². The SMILES string of the molecule is CCCC1(CNC(C)c2cc(C)ccc2C)CC1. The third-order valence-electron chi connectivity index (χ3n) is 4.42. The van der Waals surface area contributed by atoms with Gasteiger partial charge in [-0.3, -0.25) is 0 Å². The number of rotatable bonds is 6. The molecule has 1 nitrogen and oxygen atoms in total. The van der Waals surface area contributed by atoms with E-state index in [0.29, 0.717) is 11.5 Å². The molecular formula is C17H27N. The van der Waals surface area contributed by atoms with Crippen molar-refractivity contribution in [3.8, 4) is 0 Å². The van der Waals surface area contributed by atoms with E-state index in [2.05, 4.69) is 51.2 Å². The number of hydrogen-bond donors (Lipinski definition) is 1. The lowest BCUT2D eigenvalue weighted by Crippen LogP contribution is -2.27. The van der Waals surface area contributed by atoms with Gasteiger partial charge in [0.25, 0.3) is 0 Å². The maximum absolute atomic E-state index is 3.75. The molecule has 0 aromatic heterocycles. The van der Waals surface area contributed by atoms with Gasteiger partial charge in [-0.1, -0.05) is 37.1 Å². The molecule has 1 N–H and O–H groups in total. The van der Waals surface area contributed by atoms with Crippen LogP contribution in [0.3, 0.4) is 0 Å². The van der Waals surface area contributed by atoms with E-state index >= 15 is 0 Å². The topological polar surface area (TPSA) is 12.0 Å². The van der Waals surface area contributed by atoms with Crippen molar-refractivity contribution in [1.29, 1.82) is 0 Å². The van der Waals surface area contributed by atoms with Crippen molar-refractivity contribution in [3.05, 3.63) is 34.9 Å². The summed E-state index contributed by atoms with van der Waals surface area (Å²) in [5, 5.41) is 3.75. The predicted octanol–water partition coefficient (Wildman–Crippen LogP) is 4.53. The molecule has 1 heteroatoms. The second-order valence-electron chi connectivity index (χ2n) is 6.21. The van der Waals surface area contributed by atoms with Crippen LogP contribution in [0.2, 0.25) is 0 Å². The lowest BCUT2D eigenvalue weighted by molar-refractivity contribution is 0.397. The van der Waals surface area contributed by atoms with Gasteiger partial charge in [0.05, 0.1) is 0 Å². The van der Waals surface area contributed by atoms with Crippen molar-refractivity contribution in [2.24, 2.45) is 5.41 Å². The lowest BCUT2D eigenvalue weighted by Gasteiger charge is -2.21. The van der Waals surface area contributed by atoms with E-state index in [1.807, 2.05) is 0 Å². The Kier molecular flexibility index (Phi) is 4.11. The summed E-state index contributed by atoms with van der Waals surface area (Å²) in [6.45, 7) is 10.2. The molecule has 0 radical (unpaired) electrons. The van der Waals surface area contributed by atoms with E-state index in [-0.39, 0.29) is 0 Å². The minimum atomic E-state index is 0.472. The van der Waals surface area contributed by atoms with E-state index in [0.717, 1.165) is 0 Å². The zero-order valence-electron chi connectivity index (χ0n) is 12.3. The first kappa shape index (κ1) is 13.6. The summed E-state index contributed by atoms with van der Waals surface area (Å²) in [5.41, 5.74) is 4.86. The highest BCUT2D eigenvalue weighted by Crippen LogP contribution is 2.49. The number of aryl methyl sites for hydroxylation is 2. The van der Waals surface area contributed by atoms with Gasteiger partial charge in [0.15, 0.2) is 0 Å². The quantitative estimate of drug-likeness (QED) is 0.776. The average molecular weight is 245 g/mol. The van der Waals surface area contributed by atoms with Gasteiger partial charge in [0.1, 0.15) is 0 Å². The second-order valence-corrected chi connectivity index (χ2v) is 6.21. The van der Waals surface area contributed by atoms with Crippen molar-refractivity contribution in [3.63, 3.8) is 0 Å². The highest BCUT2D eigenvalue weighted by Gasteiger charge is 2.41. The van der Waals surface area contributed by atoms with Gasteiger partial charge in [-0.2, -0.15) is 0 Å². The first-order valence-corrected chi connectivity index (χ1v) is 7.37. The Morgan fingerprint density at radius 3 is 2.61 bits per heavy atom. The minimum Gasteiger partial charge on any atom is -0.310 e. The molecule has 0 amide bonds. The number of nitrogens with one attached hydrogen (secondary N) is 1. The first-order valence-electron chi connectivity index (χ1n) is 7.37. The largest absolute Gasteiger partial charge is 0.310 e. The minimum absolute atomic E-state index is 0.472. The summed E-state index contributed by atoms with van der Waals surface area (Å²) in [6, 6.07) is 7.23. The van der Waals surface area contributed by atoms with E-state index in [4.69, 9.17) is 0 Å². The molecule has 0 saturated heterocycles. The van der Waals surface area contributed by atoms with Crippen molar-refractivity contribution < 1.29 is 0 Å². The average Bonchev–Trinajstić information content (AvgIpc) is 3.10. The van der Waals surface area contributed by atoms with Crippen molar-refractivity contribution in [2.45, 2.75) is 59.4 Å². The van der Waals surface area contributed by atoms with E-state index in [9.17, 15) is 0 Å². The molecule has 1 saturated carbocycles. The van der Waals surface area contributed by atoms with Crippen LogP contribution in [-0.2, 0) is 0 Å². The molecule has 0 spiro atoms. The highest BCUT2D eigenvalue weighted by molar-refractivity contribution is 5.32. The molecular weight excluding hydrogens is 218 g/mol. The molecule has 1 fully saturated rings. The van der Waals surface area contributed by atoms with Gasteiger partial charge in [-0.15, -0.1) is 0 Å². The molecule has 18 heavy (non-hydrogen) atoms. The van der Waals surface area contributed by atoms with Crippen molar-refractivity contribution in [1.82, 2.24) is 5.32 Å². The maximum atomic E-state index is 3.75. The van der Waals surface area contributed by atoms with Crippen LogP contribution >= 0.6 is 0 Å². The Hall–Kier alpha value is -0.820. The molecule has 1 aromatic carbocycles. The fourth-order valence-electron chi connectivity index (χ4n) is 2.93. The van der Waals surface area contributed by atoms with Crippen LogP contribution in [0, 0.1) is 19.3 Å². The predicted molar refractivity (Wildman–Crippen MR) is 78.9 cm³/mol. The van der Waals surface area contributed by atoms with E-state index in [1.165, 1.54) is 48.9 Å². The van der Waals surface area contributed by atoms with Crippen LogP contribution < -0.4 is 5.32 Å². The second kappa shape index (κ2) is 5.44. The number of hydrogen-bond acceptors (Lipinski definition) is 1. The van der Waals surface area contributed by atoms with Gasteiger partial charge >= 0.3 is 0 Å². The van der Waals surface area contributed by atoms with Crippen LogP contribution in [0.15, 0.2) is 18.2 Å². The molecule has 100 valence electrons. The fraction of sp³-hybridized carbons (Fsp3) is 0.647. The summed E-state index contributed by atoms with van der Waals surface area (Å²) in [5.74, 6) is 0. The molecule has 1 unspecified atom stereocenters. The highest BCUT2D eigenvalue weighted by atomic mass is 14.9. The molecule has 0 bridgehead atoms. The zero-order chi connectivity index (χ0) is 13.2. The van der Waals surface area contributed by atoms with Crippen LogP contribution in [0.25, 0.3) is 0 Å². The Morgan fingerprint density at radius 2 is 2.00 bits per heavy atom. The molecule has 0 aliphatic heterocycles. The summed E-state index contributed by atoms with van der Waals surface area (Å²) in [4.78, 5) is 0. The van der Waals surface area contributed by atoms with Crippen LogP contribution in [0.4, 0.5) is 0 Å². The van der Waals surface area contributed by atoms with Gasteiger partial charge in [-0.05, 0) is 56.6 Å². The first-order chi connectivity index (χ1) is 8.56. The summed E-state index contributed by atoms with van der Waals surface area (Å²) in [6.07, 6.45) is 5.56. The fourth-order valence-corrected chi connectivity index (χ4v) is 2.93. The normalized spacial score (nSPS) is 18.7. The van der Waals surface area contributed by atoms with Crippen molar-refractivity contribution >= 4 is 0 Å². The van der Waals surface area contributed by atoms with E-state index < -0.39 is 0 Å². The lowest BCUT2D eigenvalue weighted by atomic mass is 9.97. The molecule has 1 aromatic rings. The summed E-state index contributed by atoms with van der Waals surface area (Å²) >= 11 is 0. The maximum Gasteiger partial charge on any atom is 0.0294 e. The van der Waals surface area contributed by atoms with E-state index in [1.54, 1.807) is 0 Å². The van der Waals surface area contributed by atoms with Crippen LogP contribution in [-0.4, -0.2) is 6.54 Å². The summed E-state index contributed by atoms with van der Waals surface area (Å²) < 4.78 is 0. The monoisotopic (exact) mass is 245 g/mol. The molecule has 1 aliphatic carbocycles. The standard InChI is InChI=1S/C17H27N/c1-5-8-17(9-10-17)12-18-15(4)16-11-13(2)6-7-14(16)3/h6-7,11,15,18H,5,8-10,12H2,1-4H3. The zero-order valence-corrected chi connectivity index (χ0v) is 12.3. The molecule has 2 rings (SSSR count).